The van der Waals surface area contributed by atoms with Crippen LogP contribution in [0, 0.1) is 5.92 Å². The topological polar surface area (TPSA) is 15.3 Å². The van der Waals surface area contributed by atoms with Gasteiger partial charge in [0.2, 0.25) is 0 Å². The van der Waals surface area contributed by atoms with Gasteiger partial charge in [-0.15, -0.1) is 0 Å². The van der Waals surface area contributed by atoms with Gasteiger partial charge in [-0.2, -0.15) is 0 Å². The van der Waals surface area contributed by atoms with Crippen LogP contribution in [0.3, 0.4) is 0 Å². The summed E-state index contributed by atoms with van der Waals surface area (Å²) in [5.74, 6) is 0.743. The fraction of sp³-hybridized carbons (Fsp3) is 1.00. The number of hydrogen-bond donors (Lipinski definition) is 1. The van der Waals surface area contributed by atoms with Gasteiger partial charge in [-0.1, -0.05) is 20.8 Å². The number of likely N-dealkylation sites (tertiary alicyclic amines) is 1. The fourth-order valence-electron chi connectivity index (χ4n) is 3.00. The maximum absolute atomic E-state index is 3.35. The van der Waals surface area contributed by atoms with Gasteiger partial charge in [-0.05, 0) is 39.2 Å². The first kappa shape index (κ1) is 13.0. The molecule has 0 bridgehead atoms. The lowest BCUT2D eigenvalue weighted by molar-refractivity contribution is 0.100. The molecule has 3 unspecified atom stereocenters. The van der Waals surface area contributed by atoms with Gasteiger partial charge in [-0.3, -0.25) is 4.90 Å². The van der Waals surface area contributed by atoms with Crippen LogP contribution in [-0.4, -0.2) is 36.6 Å². The van der Waals surface area contributed by atoms with E-state index in [9.17, 15) is 0 Å². The Kier molecular flexibility index (Phi) is 5.07. The minimum Gasteiger partial charge on any atom is -0.318 e. The van der Waals surface area contributed by atoms with E-state index in [0.29, 0.717) is 6.04 Å². The van der Waals surface area contributed by atoms with Gasteiger partial charge in [0.05, 0.1) is 0 Å². The first-order valence-electron chi connectivity index (χ1n) is 6.53. The average molecular weight is 212 g/mol. The van der Waals surface area contributed by atoms with Crippen molar-refractivity contribution in [3.8, 4) is 0 Å². The van der Waals surface area contributed by atoms with Crippen molar-refractivity contribution in [3.05, 3.63) is 0 Å². The van der Waals surface area contributed by atoms with Crippen molar-refractivity contribution in [2.45, 2.75) is 65.1 Å². The van der Waals surface area contributed by atoms with Gasteiger partial charge < -0.3 is 5.32 Å². The molecule has 1 aliphatic rings. The third-order valence-electron chi connectivity index (χ3n) is 3.89. The molecule has 0 aliphatic carbocycles. The van der Waals surface area contributed by atoms with Gasteiger partial charge in [0, 0.05) is 24.7 Å². The summed E-state index contributed by atoms with van der Waals surface area (Å²) in [4.78, 5) is 2.77. The molecule has 1 saturated heterocycles. The van der Waals surface area contributed by atoms with Gasteiger partial charge >= 0.3 is 0 Å². The molecule has 0 aromatic carbocycles. The summed E-state index contributed by atoms with van der Waals surface area (Å²) in [6.07, 6.45) is 4.08. The van der Waals surface area contributed by atoms with E-state index in [-0.39, 0.29) is 0 Å². The zero-order valence-corrected chi connectivity index (χ0v) is 11.1. The quantitative estimate of drug-likeness (QED) is 0.753. The SMILES string of the molecule is CCC1CCC(C)N1C(CNC)C(C)C. The highest BCUT2D eigenvalue weighted by Crippen LogP contribution is 2.30. The van der Waals surface area contributed by atoms with Crippen molar-refractivity contribution in [2.24, 2.45) is 5.92 Å². The summed E-state index contributed by atoms with van der Waals surface area (Å²) < 4.78 is 0. The van der Waals surface area contributed by atoms with Gasteiger partial charge in [0.1, 0.15) is 0 Å². The molecule has 15 heavy (non-hydrogen) atoms. The van der Waals surface area contributed by atoms with Crippen LogP contribution in [0.25, 0.3) is 0 Å². The minimum absolute atomic E-state index is 0.706. The van der Waals surface area contributed by atoms with Crippen LogP contribution < -0.4 is 5.32 Å². The van der Waals surface area contributed by atoms with E-state index in [1.54, 1.807) is 0 Å². The smallest absolute Gasteiger partial charge is 0.0249 e. The van der Waals surface area contributed by atoms with Crippen molar-refractivity contribution < 1.29 is 0 Å². The highest BCUT2D eigenvalue weighted by Gasteiger charge is 2.35. The lowest BCUT2D eigenvalue weighted by Crippen LogP contribution is -2.50. The Hall–Kier alpha value is -0.0800. The van der Waals surface area contributed by atoms with Crippen molar-refractivity contribution >= 4 is 0 Å². The van der Waals surface area contributed by atoms with E-state index < -0.39 is 0 Å². The van der Waals surface area contributed by atoms with Crippen molar-refractivity contribution in [1.29, 1.82) is 0 Å². The van der Waals surface area contributed by atoms with Crippen LogP contribution in [0.4, 0.5) is 0 Å². The summed E-state index contributed by atoms with van der Waals surface area (Å²) in [6.45, 7) is 10.5. The Labute approximate surface area is 95.4 Å². The average Bonchev–Trinajstić information content (AvgIpc) is 2.55. The number of nitrogens with zero attached hydrogens (tertiary/aromatic N) is 1. The molecule has 0 saturated carbocycles. The van der Waals surface area contributed by atoms with Crippen LogP contribution in [-0.2, 0) is 0 Å². The standard InChI is InChI=1S/C13H28N2/c1-6-12-8-7-11(4)15(12)13(9-14-5)10(2)3/h10-14H,6-9H2,1-5H3. The van der Waals surface area contributed by atoms with Gasteiger partial charge in [0.25, 0.3) is 0 Å². The van der Waals surface area contributed by atoms with Gasteiger partial charge in [0.15, 0.2) is 0 Å². The molecule has 0 spiro atoms. The van der Waals surface area contributed by atoms with Crippen LogP contribution in [0.1, 0.15) is 47.0 Å². The lowest BCUT2D eigenvalue weighted by Gasteiger charge is -2.38. The number of hydrogen-bond acceptors (Lipinski definition) is 2. The minimum atomic E-state index is 0.706. The molecule has 1 rings (SSSR count). The summed E-state index contributed by atoms with van der Waals surface area (Å²) in [7, 11) is 2.07. The zero-order chi connectivity index (χ0) is 11.4. The molecule has 2 heteroatoms. The zero-order valence-electron chi connectivity index (χ0n) is 11.1. The Morgan fingerprint density at radius 1 is 1.33 bits per heavy atom. The van der Waals surface area contributed by atoms with Crippen molar-refractivity contribution in [1.82, 2.24) is 10.2 Å². The Balaban J connectivity index is 2.70. The van der Waals surface area contributed by atoms with Gasteiger partial charge in [-0.25, -0.2) is 0 Å². The maximum atomic E-state index is 3.35. The number of nitrogens with one attached hydrogen (secondary N) is 1. The number of rotatable bonds is 5. The van der Waals surface area contributed by atoms with Crippen LogP contribution in [0.2, 0.25) is 0 Å². The molecule has 0 aromatic rings. The molecule has 0 amide bonds. The van der Waals surface area contributed by atoms with E-state index in [2.05, 4.69) is 45.0 Å². The molecule has 3 atom stereocenters. The Bertz CT molecular complexity index is 179. The van der Waals surface area contributed by atoms with Crippen LogP contribution in [0.15, 0.2) is 0 Å². The van der Waals surface area contributed by atoms with Crippen LogP contribution in [0.5, 0.6) is 0 Å². The largest absolute Gasteiger partial charge is 0.318 e. The number of likely N-dealkylation sites (N-methyl/N-ethyl adjacent to an activating group) is 1. The van der Waals surface area contributed by atoms with E-state index in [1.807, 2.05) is 0 Å². The molecule has 90 valence electrons. The second-order valence-corrected chi connectivity index (χ2v) is 5.30. The maximum Gasteiger partial charge on any atom is 0.0249 e. The molecule has 0 aromatic heterocycles. The lowest BCUT2D eigenvalue weighted by atomic mass is 10.00. The highest BCUT2D eigenvalue weighted by molar-refractivity contribution is 4.91. The molecule has 0 radical (unpaired) electrons. The predicted molar refractivity (Wildman–Crippen MR) is 67.2 cm³/mol. The molecule has 2 nitrogen and oxygen atoms in total. The van der Waals surface area contributed by atoms with Crippen LogP contribution >= 0.6 is 0 Å². The van der Waals surface area contributed by atoms with Crippen molar-refractivity contribution in [2.75, 3.05) is 13.6 Å². The normalized spacial score (nSPS) is 30.0. The molecule has 1 fully saturated rings. The third kappa shape index (κ3) is 2.94. The summed E-state index contributed by atoms with van der Waals surface area (Å²) >= 11 is 0. The first-order valence-corrected chi connectivity index (χ1v) is 6.53. The molecule has 1 aliphatic heterocycles. The molecule has 1 heterocycles. The molecular weight excluding hydrogens is 184 g/mol. The van der Waals surface area contributed by atoms with E-state index in [1.165, 1.54) is 19.3 Å². The monoisotopic (exact) mass is 212 g/mol. The first-order chi connectivity index (χ1) is 7.11. The fourth-order valence-corrected chi connectivity index (χ4v) is 3.00. The second kappa shape index (κ2) is 5.86. The summed E-state index contributed by atoms with van der Waals surface area (Å²) in [5.41, 5.74) is 0. The second-order valence-electron chi connectivity index (χ2n) is 5.30. The van der Waals surface area contributed by atoms with E-state index in [0.717, 1.165) is 24.5 Å². The summed E-state index contributed by atoms with van der Waals surface area (Å²) in [6, 6.07) is 2.30. The Morgan fingerprint density at radius 3 is 2.47 bits per heavy atom. The van der Waals surface area contributed by atoms with E-state index >= 15 is 0 Å². The summed E-state index contributed by atoms with van der Waals surface area (Å²) in [5, 5.41) is 3.35. The molecule has 1 N–H and O–H groups in total. The van der Waals surface area contributed by atoms with Crippen molar-refractivity contribution in [3.63, 3.8) is 0 Å². The molecular formula is C13H28N2. The van der Waals surface area contributed by atoms with E-state index in [4.69, 9.17) is 0 Å². The highest BCUT2D eigenvalue weighted by atomic mass is 15.2. The third-order valence-corrected chi connectivity index (χ3v) is 3.89. The predicted octanol–water partition coefficient (Wildman–Crippen LogP) is 2.49. The Morgan fingerprint density at radius 2 is 2.00 bits per heavy atom.